The van der Waals surface area contributed by atoms with E-state index >= 15 is 0 Å². The highest BCUT2D eigenvalue weighted by molar-refractivity contribution is 5.74. The largest absolute Gasteiger partial charge is 0.368 e. The fraction of sp³-hybridized carbons (Fsp3) is 0.471. The molecule has 1 aromatic heterocycles. The predicted octanol–water partition coefficient (Wildman–Crippen LogP) is 1.51. The van der Waals surface area contributed by atoms with Crippen molar-refractivity contribution in [3.05, 3.63) is 42.5 Å². The fourth-order valence-corrected chi connectivity index (χ4v) is 2.89. The van der Waals surface area contributed by atoms with E-state index in [-0.39, 0.29) is 6.03 Å². The molecule has 0 radical (unpaired) electrons. The van der Waals surface area contributed by atoms with Crippen molar-refractivity contribution < 1.29 is 4.79 Å². The third kappa shape index (κ3) is 4.24. The maximum absolute atomic E-state index is 12.2. The molecule has 1 N–H and O–H groups in total. The number of carbonyl (C=O) groups excluding carboxylic acids is 1. The summed E-state index contributed by atoms with van der Waals surface area (Å²) in [5.41, 5.74) is 2.50. The van der Waals surface area contributed by atoms with Gasteiger partial charge in [-0.3, -0.25) is 4.68 Å². The second-order valence-electron chi connectivity index (χ2n) is 6.06. The summed E-state index contributed by atoms with van der Waals surface area (Å²) >= 11 is 0. The van der Waals surface area contributed by atoms with Crippen molar-refractivity contribution in [1.82, 2.24) is 25.0 Å². The Bertz CT molecular complexity index is 649. The third-order valence-electron chi connectivity index (χ3n) is 4.24. The molecule has 0 unspecified atom stereocenters. The summed E-state index contributed by atoms with van der Waals surface area (Å²) in [7, 11) is 0. The van der Waals surface area contributed by atoms with Crippen molar-refractivity contribution in [3.8, 4) is 0 Å². The van der Waals surface area contributed by atoms with Crippen LogP contribution in [0.5, 0.6) is 0 Å². The van der Waals surface area contributed by atoms with Crippen LogP contribution in [-0.2, 0) is 6.54 Å². The van der Waals surface area contributed by atoms with Gasteiger partial charge < -0.3 is 15.1 Å². The summed E-state index contributed by atoms with van der Waals surface area (Å²) in [5.74, 6) is 0. The molecule has 0 aliphatic carbocycles. The van der Waals surface area contributed by atoms with Crippen LogP contribution < -0.4 is 10.2 Å². The number of hydrogen-bond donors (Lipinski definition) is 1. The van der Waals surface area contributed by atoms with E-state index in [9.17, 15) is 4.79 Å². The molecule has 1 fully saturated rings. The number of hydrogen-bond acceptors (Lipinski definition) is 4. The minimum Gasteiger partial charge on any atom is -0.368 e. The van der Waals surface area contributed by atoms with Gasteiger partial charge in [0.15, 0.2) is 0 Å². The second kappa shape index (κ2) is 7.81. The molecule has 2 aromatic rings. The Labute approximate surface area is 142 Å². The zero-order valence-electron chi connectivity index (χ0n) is 14.1. The van der Waals surface area contributed by atoms with Crippen molar-refractivity contribution in [2.75, 3.05) is 37.6 Å². The van der Waals surface area contributed by atoms with Crippen molar-refractivity contribution in [2.24, 2.45) is 0 Å². The molecule has 1 aliphatic rings. The minimum absolute atomic E-state index is 0.0254. The Morgan fingerprint density at radius 2 is 2.08 bits per heavy atom. The van der Waals surface area contributed by atoms with Crippen LogP contribution in [0.15, 0.2) is 36.9 Å². The molecule has 128 valence electrons. The van der Waals surface area contributed by atoms with E-state index in [1.807, 2.05) is 4.90 Å². The van der Waals surface area contributed by atoms with Crippen LogP contribution in [0, 0.1) is 6.92 Å². The topological polar surface area (TPSA) is 66.3 Å². The number of urea groups is 1. The number of benzene rings is 1. The molecule has 2 heterocycles. The van der Waals surface area contributed by atoms with Gasteiger partial charge in [-0.05, 0) is 31.0 Å². The third-order valence-corrected chi connectivity index (χ3v) is 4.24. The van der Waals surface area contributed by atoms with Crippen LogP contribution in [0.2, 0.25) is 0 Å². The van der Waals surface area contributed by atoms with Gasteiger partial charge in [0, 0.05) is 45.0 Å². The maximum atomic E-state index is 12.2. The number of nitrogens with zero attached hydrogens (tertiary/aromatic N) is 5. The van der Waals surface area contributed by atoms with Gasteiger partial charge in [-0.1, -0.05) is 12.1 Å². The Morgan fingerprint density at radius 1 is 1.25 bits per heavy atom. The molecule has 3 rings (SSSR count). The number of rotatable bonds is 5. The number of aromatic nitrogens is 3. The predicted molar refractivity (Wildman–Crippen MR) is 93.0 cm³/mol. The van der Waals surface area contributed by atoms with E-state index in [1.165, 1.54) is 17.6 Å². The molecule has 0 atom stereocenters. The highest BCUT2D eigenvalue weighted by atomic mass is 16.2. The van der Waals surface area contributed by atoms with Gasteiger partial charge in [-0.15, -0.1) is 0 Å². The van der Waals surface area contributed by atoms with Crippen LogP contribution in [0.4, 0.5) is 10.5 Å². The number of piperazine rings is 1. The normalized spacial score (nSPS) is 14.7. The van der Waals surface area contributed by atoms with E-state index in [0.717, 1.165) is 39.1 Å². The zero-order valence-corrected chi connectivity index (χ0v) is 14.1. The van der Waals surface area contributed by atoms with Crippen molar-refractivity contribution in [2.45, 2.75) is 19.9 Å². The van der Waals surface area contributed by atoms with Gasteiger partial charge in [0.1, 0.15) is 12.7 Å². The van der Waals surface area contributed by atoms with Crippen LogP contribution in [0.1, 0.15) is 12.0 Å². The average Bonchev–Trinajstić information content (AvgIpc) is 3.12. The van der Waals surface area contributed by atoms with E-state index in [0.29, 0.717) is 6.54 Å². The zero-order chi connectivity index (χ0) is 16.8. The number of aryl methyl sites for hydroxylation is 2. The van der Waals surface area contributed by atoms with Crippen LogP contribution >= 0.6 is 0 Å². The molecule has 1 aliphatic heterocycles. The Morgan fingerprint density at radius 3 is 2.79 bits per heavy atom. The number of anilines is 1. The summed E-state index contributed by atoms with van der Waals surface area (Å²) in [5, 5.41) is 7.03. The van der Waals surface area contributed by atoms with Gasteiger partial charge in [0.2, 0.25) is 0 Å². The number of amides is 2. The molecule has 0 spiro atoms. The molecule has 0 saturated carbocycles. The molecular formula is C17H24N6O. The molecule has 24 heavy (non-hydrogen) atoms. The number of nitrogens with one attached hydrogen (secondary N) is 1. The summed E-state index contributed by atoms with van der Waals surface area (Å²) in [6.45, 7) is 6.77. The maximum Gasteiger partial charge on any atom is 0.317 e. The quantitative estimate of drug-likeness (QED) is 0.845. The van der Waals surface area contributed by atoms with Crippen molar-refractivity contribution >= 4 is 11.7 Å². The lowest BCUT2D eigenvalue weighted by molar-refractivity contribution is 0.194. The summed E-state index contributed by atoms with van der Waals surface area (Å²) < 4.78 is 1.77. The first kappa shape index (κ1) is 16.3. The lowest BCUT2D eigenvalue weighted by Crippen LogP contribution is -2.52. The van der Waals surface area contributed by atoms with Gasteiger partial charge >= 0.3 is 6.03 Å². The molecule has 1 saturated heterocycles. The second-order valence-corrected chi connectivity index (χ2v) is 6.06. The summed E-state index contributed by atoms with van der Waals surface area (Å²) in [6, 6.07) is 8.54. The highest BCUT2D eigenvalue weighted by Gasteiger charge is 2.20. The average molecular weight is 328 g/mol. The van der Waals surface area contributed by atoms with Gasteiger partial charge in [0.25, 0.3) is 0 Å². The molecule has 0 bridgehead atoms. The minimum atomic E-state index is 0.0254. The van der Waals surface area contributed by atoms with Crippen molar-refractivity contribution in [1.29, 1.82) is 0 Å². The van der Waals surface area contributed by atoms with Gasteiger partial charge in [-0.2, -0.15) is 5.10 Å². The molecule has 1 aromatic carbocycles. The van der Waals surface area contributed by atoms with E-state index in [1.54, 1.807) is 11.0 Å². The molecule has 7 heteroatoms. The summed E-state index contributed by atoms with van der Waals surface area (Å²) in [4.78, 5) is 20.3. The SMILES string of the molecule is Cc1cccc(N2CCN(C(=O)NCCCn3cncn3)CC2)c1. The first-order valence-electron chi connectivity index (χ1n) is 8.39. The highest BCUT2D eigenvalue weighted by Crippen LogP contribution is 2.17. The van der Waals surface area contributed by atoms with E-state index < -0.39 is 0 Å². The Kier molecular flexibility index (Phi) is 5.30. The summed E-state index contributed by atoms with van der Waals surface area (Å²) in [6.07, 6.45) is 4.05. The van der Waals surface area contributed by atoms with Gasteiger partial charge in [-0.25, -0.2) is 9.78 Å². The van der Waals surface area contributed by atoms with E-state index in [2.05, 4.69) is 51.5 Å². The van der Waals surface area contributed by atoms with Crippen LogP contribution in [0.3, 0.4) is 0 Å². The smallest absolute Gasteiger partial charge is 0.317 e. The van der Waals surface area contributed by atoms with Gasteiger partial charge in [0.05, 0.1) is 0 Å². The fourth-order valence-electron chi connectivity index (χ4n) is 2.89. The van der Waals surface area contributed by atoms with E-state index in [4.69, 9.17) is 0 Å². The molecule has 2 amide bonds. The lowest BCUT2D eigenvalue weighted by atomic mass is 10.2. The first-order valence-corrected chi connectivity index (χ1v) is 8.39. The Balaban J connectivity index is 1.38. The number of carbonyl (C=O) groups is 1. The van der Waals surface area contributed by atoms with Crippen LogP contribution in [-0.4, -0.2) is 58.4 Å². The first-order chi connectivity index (χ1) is 11.7. The Hall–Kier alpha value is -2.57. The lowest BCUT2D eigenvalue weighted by Gasteiger charge is -2.36. The monoisotopic (exact) mass is 328 g/mol. The van der Waals surface area contributed by atoms with Crippen molar-refractivity contribution in [3.63, 3.8) is 0 Å². The van der Waals surface area contributed by atoms with Crippen LogP contribution in [0.25, 0.3) is 0 Å². The molecule has 7 nitrogen and oxygen atoms in total. The standard InChI is InChI=1S/C17H24N6O/c1-15-4-2-5-16(12-15)21-8-10-22(11-9-21)17(24)19-6-3-7-23-14-18-13-20-23/h2,4-5,12-14H,3,6-11H2,1H3,(H,19,24). The molecular weight excluding hydrogens is 304 g/mol.